The van der Waals surface area contributed by atoms with Gasteiger partial charge in [0.25, 0.3) is 0 Å². The summed E-state index contributed by atoms with van der Waals surface area (Å²) in [6.07, 6.45) is 4.65. The quantitative estimate of drug-likeness (QED) is 0.680. The second-order valence-electron chi connectivity index (χ2n) is 4.60. The molecule has 0 atom stereocenters. The monoisotopic (exact) mass is 293 g/mol. The first-order valence-corrected chi connectivity index (χ1v) is 6.88. The summed E-state index contributed by atoms with van der Waals surface area (Å²) in [5.74, 6) is 0.966. The summed E-state index contributed by atoms with van der Waals surface area (Å²) in [4.78, 5) is 15.3. The predicted octanol–water partition coefficient (Wildman–Crippen LogP) is -0.373. The predicted molar refractivity (Wildman–Crippen MR) is 72.9 cm³/mol. The summed E-state index contributed by atoms with van der Waals surface area (Å²) in [5, 5.41) is 14.4. The molecule has 0 unspecified atom stereocenters. The van der Waals surface area contributed by atoms with Crippen LogP contribution >= 0.6 is 0 Å². The molecule has 0 saturated heterocycles. The van der Waals surface area contributed by atoms with E-state index in [1.54, 1.807) is 10.9 Å². The van der Waals surface area contributed by atoms with Gasteiger partial charge in [-0.2, -0.15) is 4.98 Å². The second-order valence-corrected chi connectivity index (χ2v) is 4.60. The molecule has 0 radical (unpaired) electrons. The normalized spacial score (nSPS) is 10.8. The molecule has 9 nitrogen and oxygen atoms in total. The number of unbranched alkanes of at least 4 members (excludes halogenated alkanes) is 1. The molecule has 0 aliphatic rings. The van der Waals surface area contributed by atoms with Gasteiger partial charge in [0.1, 0.15) is 12.2 Å². The standard InChI is InChI=1S/C12H19N7O2/c1-2-3-4-10-15-12(21-17-10)8-19-7-9(16-18-19)6-14-11(20)5-13/h7H,2-6,8,13H2,1H3,(H,14,20). The van der Waals surface area contributed by atoms with Crippen LogP contribution in [0.1, 0.15) is 37.2 Å². The maximum Gasteiger partial charge on any atom is 0.248 e. The minimum atomic E-state index is -0.234. The van der Waals surface area contributed by atoms with E-state index in [0.29, 0.717) is 30.5 Å². The summed E-state index contributed by atoms with van der Waals surface area (Å²) in [7, 11) is 0. The molecule has 2 rings (SSSR count). The van der Waals surface area contributed by atoms with Gasteiger partial charge >= 0.3 is 0 Å². The van der Waals surface area contributed by atoms with Gasteiger partial charge in [-0.3, -0.25) is 4.79 Å². The van der Waals surface area contributed by atoms with Gasteiger partial charge in [0.05, 0.1) is 19.3 Å². The molecule has 0 aromatic carbocycles. The lowest BCUT2D eigenvalue weighted by atomic mass is 10.2. The number of carbonyl (C=O) groups excluding carboxylic acids is 1. The Morgan fingerprint density at radius 1 is 1.52 bits per heavy atom. The Hall–Kier alpha value is -2.29. The van der Waals surface area contributed by atoms with Crippen LogP contribution in [0.15, 0.2) is 10.7 Å². The van der Waals surface area contributed by atoms with Crippen LogP contribution in [0.5, 0.6) is 0 Å². The van der Waals surface area contributed by atoms with Crippen molar-refractivity contribution in [2.75, 3.05) is 6.54 Å². The Labute approximate surface area is 121 Å². The SMILES string of the molecule is CCCCc1noc(Cn2cc(CNC(=O)CN)nn2)n1. The summed E-state index contributed by atoms with van der Waals surface area (Å²) in [6, 6.07) is 0. The lowest BCUT2D eigenvalue weighted by molar-refractivity contribution is -0.119. The van der Waals surface area contributed by atoms with Crippen LogP contribution in [0.25, 0.3) is 0 Å². The Kier molecular flexibility index (Phi) is 5.38. The molecule has 21 heavy (non-hydrogen) atoms. The molecule has 0 fully saturated rings. The number of carbonyl (C=O) groups is 1. The third kappa shape index (κ3) is 4.63. The third-order valence-corrected chi connectivity index (χ3v) is 2.80. The maximum atomic E-state index is 11.0. The van der Waals surface area contributed by atoms with E-state index >= 15 is 0 Å². The average Bonchev–Trinajstić information content (AvgIpc) is 3.12. The largest absolute Gasteiger partial charge is 0.349 e. The van der Waals surface area contributed by atoms with Crippen molar-refractivity contribution in [3.05, 3.63) is 23.6 Å². The van der Waals surface area contributed by atoms with Crippen molar-refractivity contribution in [3.8, 4) is 0 Å². The van der Waals surface area contributed by atoms with Crippen LogP contribution in [0.4, 0.5) is 0 Å². The molecule has 2 heterocycles. The van der Waals surface area contributed by atoms with Crippen molar-refractivity contribution in [1.82, 2.24) is 30.5 Å². The van der Waals surface area contributed by atoms with E-state index < -0.39 is 0 Å². The number of nitrogens with two attached hydrogens (primary N) is 1. The zero-order chi connectivity index (χ0) is 15.1. The van der Waals surface area contributed by atoms with Gasteiger partial charge in [-0.25, -0.2) is 4.68 Å². The highest BCUT2D eigenvalue weighted by Crippen LogP contribution is 2.04. The lowest BCUT2D eigenvalue weighted by Gasteiger charge is -1.98. The molecular formula is C12H19N7O2. The number of rotatable bonds is 8. The van der Waals surface area contributed by atoms with Crippen molar-refractivity contribution in [2.24, 2.45) is 5.73 Å². The minimum Gasteiger partial charge on any atom is -0.349 e. The van der Waals surface area contributed by atoms with E-state index in [-0.39, 0.29) is 12.5 Å². The summed E-state index contributed by atoms with van der Waals surface area (Å²) in [5.41, 5.74) is 5.84. The number of nitrogens with zero attached hydrogens (tertiary/aromatic N) is 5. The van der Waals surface area contributed by atoms with Gasteiger partial charge in [-0.05, 0) is 6.42 Å². The fourth-order valence-corrected chi connectivity index (χ4v) is 1.69. The number of hydrogen-bond donors (Lipinski definition) is 2. The van der Waals surface area contributed by atoms with Gasteiger partial charge in [0, 0.05) is 6.42 Å². The number of aromatic nitrogens is 5. The van der Waals surface area contributed by atoms with Crippen molar-refractivity contribution >= 4 is 5.91 Å². The molecule has 3 N–H and O–H groups in total. The maximum absolute atomic E-state index is 11.0. The fraction of sp³-hybridized carbons (Fsp3) is 0.583. The van der Waals surface area contributed by atoms with Crippen LogP contribution in [0, 0.1) is 0 Å². The van der Waals surface area contributed by atoms with E-state index in [1.807, 2.05) is 0 Å². The zero-order valence-electron chi connectivity index (χ0n) is 11.9. The topological polar surface area (TPSA) is 125 Å². The second kappa shape index (κ2) is 7.48. The highest BCUT2D eigenvalue weighted by Gasteiger charge is 2.09. The Balaban J connectivity index is 1.87. The van der Waals surface area contributed by atoms with Crippen molar-refractivity contribution < 1.29 is 9.32 Å². The fourth-order valence-electron chi connectivity index (χ4n) is 1.69. The number of nitrogens with one attached hydrogen (secondary N) is 1. The van der Waals surface area contributed by atoms with Crippen LogP contribution < -0.4 is 11.1 Å². The third-order valence-electron chi connectivity index (χ3n) is 2.80. The zero-order valence-corrected chi connectivity index (χ0v) is 11.9. The Morgan fingerprint density at radius 2 is 2.38 bits per heavy atom. The first-order chi connectivity index (χ1) is 10.2. The van der Waals surface area contributed by atoms with Crippen LogP contribution in [-0.2, 0) is 24.3 Å². The summed E-state index contributed by atoms with van der Waals surface area (Å²) < 4.78 is 6.74. The summed E-state index contributed by atoms with van der Waals surface area (Å²) in [6.45, 7) is 2.72. The molecule has 0 saturated carbocycles. The van der Waals surface area contributed by atoms with E-state index in [1.165, 1.54) is 0 Å². The highest BCUT2D eigenvalue weighted by atomic mass is 16.5. The molecule has 0 spiro atoms. The Morgan fingerprint density at radius 3 is 3.14 bits per heavy atom. The number of amides is 1. The van der Waals surface area contributed by atoms with E-state index in [2.05, 4.69) is 32.7 Å². The molecule has 0 aliphatic carbocycles. The lowest BCUT2D eigenvalue weighted by Crippen LogP contribution is -2.29. The van der Waals surface area contributed by atoms with E-state index in [4.69, 9.17) is 10.3 Å². The van der Waals surface area contributed by atoms with Gasteiger partial charge in [0.2, 0.25) is 11.8 Å². The molecule has 1 amide bonds. The van der Waals surface area contributed by atoms with Crippen LogP contribution in [0.3, 0.4) is 0 Å². The molecule has 2 aromatic heterocycles. The molecule has 0 aliphatic heterocycles. The van der Waals surface area contributed by atoms with Crippen molar-refractivity contribution in [3.63, 3.8) is 0 Å². The van der Waals surface area contributed by atoms with Crippen molar-refractivity contribution in [2.45, 2.75) is 39.3 Å². The Bertz CT molecular complexity index is 578. The molecule has 2 aromatic rings. The van der Waals surface area contributed by atoms with Gasteiger partial charge in [-0.1, -0.05) is 23.7 Å². The molecule has 9 heteroatoms. The van der Waals surface area contributed by atoms with Crippen LogP contribution in [-0.4, -0.2) is 37.6 Å². The summed E-state index contributed by atoms with van der Waals surface area (Å²) >= 11 is 0. The number of hydrogen-bond acceptors (Lipinski definition) is 7. The van der Waals surface area contributed by atoms with Crippen molar-refractivity contribution in [1.29, 1.82) is 0 Å². The molecule has 114 valence electrons. The highest BCUT2D eigenvalue weighted by molar-refractivity contribution is 5.77. The van der Waals surface area contributed by atoms with Crippen LogP contribution in [0.2, 0.25) is 0 Å². The number of aryl methyl sites for hydroxylation is 1. The molecular weight excluding hydrogens is 274 g/mol. The first-order valence-electron chi connectivity index (χ1n) is 6.88. The van der Waals surface area contributed by atoms with Gasteiger partial charge < -0.3 is 15.6 Å². The minimum absolute atomic E-state index is 0.0450. The molecule has 0 bridgehead atoms. The van der Waals surface area contributed by atoms with Gasteiger partial charge in [0.15, 0.2) is 5.82 Å². The van der Waals surface area contributed by atoms with E-state index in [0.717, 1.165) is 19.3 Å². The smallest absolute Gasteiger partial charge is 0.248 e. The first kappa shape index (κ1) is 15.1. The van der Waals surface area contributed by atoms with E-state index in [9.17, 15) is 4.79 Å². The average molecular weight is 293 g/mol. The van der Waals surface area contributed by atoms with Gasteiger partial charge in [-0.15, -0.1) is 5.10 Å².